The molecule has 0 atom stereocenters. The van der Waals surface area contributed by atoms with Crippen LogP contribution in [0.4, 0.5) is 15.8 Å². The molecule has 6 heteroatoms. The average molecular weight is 422 g/mol. The SMILES string of the molecule is O=C(Nc1ccc(C2(C(=O)N3CCN(c4ccc(F)cc4)CC3)CCC2)cc1)C1CC1. The molecule has 162 valence electrons. The molecule has 0 aromatic heterocycles. The molecule has 2 amide bonds. The summed E-state index contributed by atoms with van der Waals surface area (Å²) in [7, 11) is 0. The van der Waals surface area contributed by atoms with Crippen molar-refractivity contribution < 1.29 is 14.0 Å². The van der Waals surface area contributed by atoms with Gasteiger partial charge in [-0.2, -0.15) is 0 Å². The van der Waals surface area contributed by atoms with Crippen LogP contribution in [0.3, 0.4) is 0 Å². The van der Waals surface area contributed by atoms with Crippen LogP contribution < -0.4 is 10.2 Å². The number of piperazine rings is 1. The van der Waals surface area contributed by atoms with Gasteiger partial charge in [-0.05, 0) is 67.6 Å². The maximum absolute atomic E-state index is 13.5. The van der Waals surface area contributed by atoms with Crippen molar-refractivity contribution in [2.45, 2.75) is 37.5 Å². The third-order valence-electron chi connectivity index (χ3n) is 7.03. The second-order valence-electron chi connectivity index (χ2n) is 9.03. The van der Waals surface area contributed by atoms with Crippen molar-refractivity contribution in [1.29, 1.82) is 0 Å². The lowest BCUT2D eigenvalue weighted by molar-refractivity contribution is -0.141. The van der Waals surface area contributed by atoms with Gasteiger partial charge in [0.15, 0.2) is 0 Å². The number of benzene rings is 2. The highest BCUT2D eigenvalue weighted by Gasteiger charge is 2.48. The van der Waals surface area contributed by atoms with Crippen LogP contribution in [-0.2, 0) is 15.0 Å². The van der Waals surface area contributed by atoms with E-state index in [1.165, 1.54) is 12.1 Å². The smallest absolute Gasteiger partial charge is 0.233 e. The van der Waals surface area contributed by atoms with Gasteiger partial charge >= 0.3 is 0 Å². The minimum Gasteiger partial charge on any atom is -0.368 e. The van der Waals surface area contributed by atoms with Gasteiger partial charge < -0.3 is 15.1 Å². The van der Waals surface area contributed by atoms with E-state index in [0.29, 0.717) is 13.1 Å². The summed E-state index contributed by atoms with van der Waals surface area (Å²) in [6.07, 6.45) is 4.77. The fraction of sp³-hybridized carbons (Fsp3) is 0.440. The number of halogens is 1. The number of nitrogens with zero attached hydrogens (tertiary/aromatic N) is 2. The van der Waals surface area contributed by atoms with E-state index >= 15 is 0 Å². The summed E-state index contributed by atoms with van der Waals surface area (Å²) in [5.74, 6) is 0.254. The number of hydrogen-bond acceptors (Lipinski definition) is 3. The molecule has 2 aromatic carbocycles. The number of carbonyl (C=O) groups excluding carboxylic acids is 2. The fourth-order valence-electron chi connectivity index (χ4n) is 4.74. The molecule has 1 heterocycles. The molecule has 1 N–H and O–H groups in total. The Bertz CT molecular complexity index is 957. The zero-order valence-corrected chi connectivity index (χ0v) is 17.6. The largest absolute Gasteiger partial charge is 0.368 e. The standard InChI is InChI=1S/C25H28FN3O2/c26-20-6-10-22(11-7-20)28-14-16-29(17-15-28)24(31)25(12-1-13-25)19-4-8-21(9-5-19)27-23(30)18-2-3-18/h4-11,18H,1-3,12-17H2,(H,27,30). The lowest BCUT2D eigenvalue weighted by atomic mass is 9.63. The number of carbonyl (C=O) groups is 2. The molecule has 2 aliphatic carbocycles. The van der Waals surface area contributed by atoms with Crippen LogP contribution in [0.5, 0.6) is 0 Å². The molecule has 1 aliphatic heterocycles. The van der Waals surface area contributed by atoms with E-state index in [0.717, 1.165) is 62.1 Å². The minimum absolute atomic E-state index is 0.0983. The predicted octanol–water partition coefficient (Wildman–Crippen LogP) is 3.94. The molecular weight excluding hydrogens is 393 g/mol. The molecule has 0 unspecified atom stereocenters. The Kier molecular flexibility index (Phi) is 5.16. The topological polar surface area (TPSA) is 52.7 Å². The highest BCUT2D eigenvalue weighted by atomic mass is 19.1. The van der Waals surface area contributed by atoms with E-state index in [2.05, 4.69) is 10.2 Å². The van der Waals surface area contributed by atoms with Gasteiger partial charge in [-0.3, -0.25) is 9.59 Å². The normalized spacial score (nSPS) is 20.2. The first kappa shape index (κ1) is 20.0. The van der Waals surface area contributed by atoms with Crippen molar-refractivity contribution in [1.82, 2.24) is 4.90 Å². The average Bonchev–Trinajstić information content (AvgIpc) is 3.60. The highest BCUT2D eigenvalue weighted by Crippen LogP contribution is 2.45. The predicted molar refractivity (Wildman–Crippen MR) is 119 cm³/mol. The molecule has 31 heavy (non-hydrogen) atoms. The lowest BCUT2D eigenvalue weighted by Crippen LogP contribution is -2.56. The first-order chi connectivity index (χ1) is 15.0. The van der Waals surface area contributed by atoms with Gasteiger partial charge in [0, 0.05) is 43.5 Å². The van der Waals surface area contributed by atoms with Gasteiger partial charge in [0.2, 0.25) is 11.8 Å². The molecule has 3 aliphatic rings. The van der Waals surface area contributed by atoms with Crippen LogP contribution in [0, 0.1) is 11.7 Å². The van der Waals surface area contributed by atoms with E-state index in [9.17, 15) is 14.0 Å². The molecule has 5 rings (SSSR count). The first-order valence-electron chi connectivity index (χ1n) is 11.3. The van der Waals surface area contributed by atoms with Crippen molar-refractivity contribution in [3.63, 3.8) is 0 Å². The molecule has 1 saturated heterocycles. The Morgan fingerprint density at radius 3 is 2.10 bits per heavy atom. The summed E-state index contributed by atoms with van der Waals surface area (Å²) >= 11 is 0. The van der Waals surface area contributed by atoms with Crippen molar-refractivity contribution in [2.24, 2.45) is 5.92 Å². The second kappa shape index (κ2) is 7.98. The monoisotopic (exact) mass is 421 g/mol. The van der Waals surface area contributed by atoms with Gasteiger partial charge in [-0.1, -0.05) is 18.6 Å². The maximum atomic E-state index is 13.5. The van der Waals surface area contributed by atoms with Gasteiger partial charge in [0.1, 0.15) is 5.82 Å². The number of rotatable bonds is 5. The van der Waals surface area contributed by atoms with E-state index < -0.39 is 5.41 Å². The van der Waals surface area contributed by atoms with Gasteiger partial charge in [0.25, 0.3) is 0 Å². The van der Waals surface area contributed by atoms with Crippen LogP contribution >= 0.6 is 0 Å². The molecule has 2 saturated carbocycles. The van der Waals surface area contributed by atoms with E-state index in [1.807, 2.05) is 29.2 Å². The van der Waals surface area contributed by atoms with Crippen LogP contribution in [0.1, 0.15) is 37.7 Å². The summed E-state index contributed by atoms with van der Waals surface area (Å²) in [5.41, 5.74) is 2.41. The van der Waals surface area contributed by atoms with Crippen LogP contribution in [-0.4, -0.2) is 42.9 Å². The fourth-order valence-corrected chi connectivity index (χ4v) is 4.74. The summed E-state index contributed by atoms with van der Waals surface area (Å²) in [5, 5.41) is 2.97. The second-order valence-corrected chi connectivity index (χ2v) is 9.03. The van der Waals surface area contributed by atoms with Gasteiger partial charge in [-0.25, -0.2) is 4.39 Å². The van der Waals surface area contributed by atoms with Crippen LogP contribution in [0.25, 0.3) is 0 Å². The summed E-state index contributed by atoms with van der Waals surface area (Å²) in [6, 6.07) is 14.4. The molecule has 2 aromatic rings. The quantitative estimate of drug-likeness (QED) is 0.796. The zero-order valence-electron chi connectivity index (χ0n) is 17.6. The number of nitrogens with one attached hydrogen (secondary N) is 1. The summed E-state index contributed by atoms with van der Waals surface area (Å²) in [6.45, 7) is 2.85. The Morgan fingerprint density at radius 1 is 0.903 bits per heavy atom. The van der Waals surface area contributed by atoms with Gasteiger partial charge in [-0.15, -0.1) is 0 Å². The Morgan fingerprint density at radius 2 is 1.55 bits per heavy atom. The van der Waals surface area contributed by atoms with Crippen molar-refractivity contribution in [2.75, 3.05) is 36.4 Å². The maximum Gasteiger partial charge on any atom is 0.233 e. The Balaban J connectivity index is 1.24. The minimum atomic E-state index is -0.433. The highest BCUT2D eigenvalue weighted by molar-refractivity contribution is 5.94. The third kappa shape index (κ3) is 3.91. The first-order valence-corrected chi connectivity index (χ1v) is 11.3. The van der Waals surface area contributed by atoms with Gasteiger partial charge in [0.05, 0.1) is 5.41 Å². The van der Waals surface area contributed by atoms with E-state index in [1.54, 1.807) is 12.1 Å². The number of hydrogen-bond donors (Lipinski definition) is 1. The zero-order chi connectivity index (χ0) is 21.4. The number of amides is 2. The van der Waals surface area contributed by atoms with Crippen molar-refractivity contribution >= 4 is 23.2 Å². The van der Waals surface area contributed by atoms with Crippen LogP contribution in [0.2, 0.25) is 0 Å². The Labute approximate surface area is 182 Å². The molecular formula is C25H28FN3O2. The Hall–Kier alpha value is -2.89. The number of anilines is 2. The summed E-state index contributed by atoms with van der Waals surface area (Å²) in [4.78, 5) is 29.7. The third-order valence-corrected chi connectivity index (χ3v) is 7.03. The molecule has 0 radical (unpaired) electrons. The molecule has 0 bridgehead atoms. The van der Waals surface area contributed by atoms with Crippen molar-refractivity contribution in [3.8, 4) is 0 Å². The summed E-state index contributed by atoms with van der Waals surface area (Å²) < 4.78 is 13.2. The molecule has 0 spiro atoms. The molecule has 3 fully saturated rings. The van der Waals surface area contributed by atoms with Crippen molar-refractivity contribution in [3.05, 3.63) is 59.9 Å². The van der Waals surface area contributed by atoms with E-state index in [4.69, 9.17) is 0 Å². The molecule has 5 nitrogen and oxygen atoms in total. The van der Waals surface area contributed by atoms with Crippen LogP contribution in [0.15, 0.2) is 48.5 Å². The van der Waals surface area contributed by atoms with E-state index in [-0.39, 0.29) is 23.5 Å². The lowest BCUT2D eigenvalue weighted by Gasteiger charge is -2.46.